The van der Waals surface area contributed by atoms with Gasteiger partial charge in [0.15, 0.2) is 10.1 Å². The Morgan fingerprint density at radius 3 is 3.29 bits per heavy atom. The molecule has 2 aromatic heterocycles. The molecule has 0 bridgehead atoms. The number of carbonyl (C=O) groups is 1. The molecule has 0 aliphatic rings. The van der Waals surface area contributed by atoms with Crippen molar-refractivity contribution in [2.75, 3.05) is 6.54 Å². The number of aromatic nitrogens is 2. The zero-order valence-corrected chi connectivity index (χ0v) is 10.5. The van der Waals surface area contributed by atoms with Crippen LogP contribution in [0.25, 0.3) is 11.0 Å². The number of nitrogens with one attached hydrogen (secondary N) is 1. The molecule has 0 fully saturated rings. The third kappa shape index (κ3) is 2.57. The van der Waals surface area contributed by atoms with Gasteiger partial charge >= 0.3 is 0 Å². The van der Waals surface area contributed by atoms with Gasteiger partial charge in [-0.15, -0.1) is 17.9 Å². The topological polar surface area (TPSA) is 46.4 Å². The first-order chi connectivity index (χ1) is 8.22. The summed E-state index contributed by atoms with van der Waals surface area (Å²) in [4.78, 5) is 16.3. The molecule has 0 saturated heterocycles. The molecular weight excluding hydrogens is 258 g/mol. The lowest BCUT2D eigenvalue weighted by atomic mass is 10.4. The fraction of sp³-hybridized carbons (Fsp3) is 0.0909. The second kappa shape index (κ2) is 5.16. The minimum absolute atomic E-state index is 0.189. The zero-order chi connectivity index (χ0) is 12.3. The van der Waals surface area contributed by atoms with Crippen LogP contribution in [-0.4, -0.2) is 21.8 Å². The molecule has 2 heterocycles. The van der Waals surface area contributed by atoms with E-state index < -0.39 is 0 Å². The summed E-state index contributed by atoms with van der Waals surface area (Å²) in [5.74, 6) is -0.189. The lowest BCUT2D eigenvalue weighted by Gasteiger charge is -1.95. The van der Waals surface area contributed by atoms with Crippen LogP contribution in [0.2, 0.25) is 5.15 Å². The number of halogens is 1. The highest BCUT2D eigenvalue weighted by atomic mass is 35.5. The van der Waals surface area contributed by atoms with Crippen LogP contribution < -0.4 is 5.32 Å². The van der Waals surface area contributed by atoms with Crippen molar-refractivity contribution in [1.82, 2.24) is 14.7 Å². The predicted molar refractivity (Wildman–Crippen MR) is 70.3 cm³/mol. The van der Waals surface area contributed by atoms with Gasteiger partial charge in [-0.2, -0.15) is 0 Å². The van der Waals surface area contributed by atoms with Gasteiger partial charge < -0.3 is 5.32 Å². The summed E-state index contributed by atoms with van der Waals surface area (Å²) in [5, 5.41) is 4.95. The van der Waals surface area contributed by atoms with E-state index in [0.29, 0.717) is 17.4 Å². The first-order valence-corrected chi connectivity index (χ1v) is 6.16. The van der Waals surface area contributed by atoms with Crippen LogP contribution >= 0.6 is 22.9 Å². The fourth-order valence-electron chi connectivity index (χ4n) is 1.31. The normalized spacial score (nSPS) is 11.1. The number of fused-ring (bicyclic) bond motifs is 1. The smallest absolute Gasteiger partial charge is 0.244 e. The van der Waals surface area contributed by atoms with E-state index in [0.717, 1.165) is 4.96 Å². The Morgan fingerprint density at radius 2 is 2.53 bits per heavy atom. The van der Waals surface area contributed by atoms with Gasteiger partial charge in [-0.05, 0) is 6.08 Å². The lowest BCUT2D eigenvalue weighted by molar-refractivity contribution is -0.116. The van der Waals surface area contributed by atoms with Gasteiger partial charge in [0, 0.05) is 24.2 Å². The molecule has 0 atom stereocenters. The number of hydrogen-bond acceptors (Lipinski definition) is 3. The SMILES string of the molecule is C=CCNC(=O)C=Cc1c(Cl)nc2sccn12. The summed E-state index contributed by atoms with van der Waals surface area (Å²) in [6.07, 6.45) is 6.55. The molecule has 0 aliphatic carbocycles. The summed E-state index contributed by atoms with van der Waals surface area (Å²) < 4.78 is 1.84. The van der Waals surface area contributed by atoms with Gasteiger partial charge in [0.25, 0.3) is 0 Å². The van der Waals surface area contributed by atoms with Crippen LogP contribution in [0, 0.1) is 0 Å². The Bertz CT molecular complexity index is 585. The van der Waals surface area contributed by atoms with E-state index in [1.165, 1.54) is 17.4 Å². The summed E-state index contributed by atoms with van der Waals surface area (Å²) >= 11 is 7.46. The summed E-state index contributed by atoms with van der Waals surface area (Å²) in [6.45, 7) is 3.96. The van der Waals surface area contributed by atoms with Crippen molar-refractivity contribution in [2.24, 2.45) is 0 Å². The number of amides is 1. The third-order valence-corrected chi connectivity index (χ3v) is 3.10. The van der Waals surface area contributed by atoms with Crippen molar-refractivity contribution >= 4 is 39.9 Å². The molecule has 1 amide bonds. The molecule has 0 aliphatic heterocycles. The summed E-state index contributed by atoms with van der Waals surface area (Å²) in [6, 6.07) is 0. The van der Waals surface area contributed by atoms with Gasteiger partial charge in [0.1, 0.15) is 0 Å². The monoisotopic (exact) mass is 267 g/mol. The quantitative estimate of drug-likeness (QED) is 0.683. The maximum atomic E-state index is 11.4. The molecule has 2 rings (SSSR count). The van der Waals surface area contributed by atoms with Crippen LogP contribution in [0.3, 0.4) is 0 Å². The van der Waals surface area contributed by atoms with Gasteiger partial charge in [0.05, 0.1) is 5.69 Å². The molecule has 0 unspecified atom stereocenters. The minimum atomic E-state index is -0.189. The molecule has 4 nitrogen and oxygen atoms in total. The highest BCUT2D eigenvalue weighted by Crippen LogP contribution is 2.22. The largest absolute Gasteiger partial charge is 0.349 e. The van der Waals surface area contributed by atoms with E-state index in [1.807, 2.05) is 16.0 Å². The third-order valence-electron chi connectivity index (χ3n) is 2.07. The van der Waals surface area contributed by atoms with E-state index in [2.05, 4.69) is 16.9 Å². The van der Waals surface area contributed by atoms with E-state index in [-0.39, 0.29) is 5.91 Å². The average Bonchev–Trinajstić information content (AvgIpc) is 2.84. The van der Waals surface area contributed by atoms with Crippen molar-refractivity contribution in [3.63, 3.8) is 0 Å². The number of imidazole rings is 1. The van der Waals surface area contributed by atoms with Gasteiger partial charge in [-0.25, -0.2) is 4.98 Å². The first-order valence-electron chi connectivity index (χ1n) is 4.90. The minimum Gasteiger partial charge on any atom is -0.349 e. The van der Waals surface area contributed by atoms with Gasteiger partial charge in [-0.1, -0.05) is 17.7 Å². The molecule has 0 radical (unpaired) electrons. The second-order valence-electron chi connectivity index (χ2n) is 3.21. The lowest BCUT2D eigenvalue weighted by Crippen LogP contribution is -2.20. The molecule has 1 N–H and O–H groups in total. The van der Waals surface area contributed by atoms with Crippen LogP contribution in [0.15, 0.2) is 30.3 Å². The first kappa shape index (κ1) is 11.9. The molecular formula is C11H10ClN3OS. The predicted octanol–water partition coefficient (Wildman–Crippen LogP) is 2.36. The second-order valence-corrected chi connectivity index (χ2v) is 4.44. The Hall–Kier alpha value is -1.59. The number of carbonyl (C=O) groups excluding carboxylic acids is 1. The highest BCUT2D eigenvalue weighted by Gasteiger charge is 2.08. The number of rotatable bonds is 4. The Balaban J connectivity index is 2.19. The Morgan fingerprint density at radius 1 is 1.71 bits per heavy atom. The van der Waals surface area contributed by atoms with E-state index in [1.54, 1.807) is 12.2 Å². The maximum absolute atomic E-state index is 11.4. The van der Waals surface area contributed by atoms with Gasteiger partial charge in [0.2, 0.25) is 5.91 Å². The van der Waals surface area contributed by atoms with Crippen LogP contribution in [0.5, 0.6) is 0 Å². The number of hydrogen-bond donors (Lipinski definition) is 1. The standard InChI is InChI=1S/C11H10ClN3OS/c1-2-5-13-9(16)4-3-8-10(12)14-11-15(8)6-7-17-11/h2-4,6-7H,1,5H2,(H,13,16). The number of nitrogens with zero attached hydrogens (tertiary/aromatic N) is 2. The van der Waals surface area contributed by atoms with Crippen LogP contribution in [0.4, 0.5) is 0 Å². The highest BCUT2D eigenvalue weighted by molar-refractivity contribution is 7.15. The maximum Gasteiger partial charge on any atom is 0.244 e. The summed E-state index contributed by atoms with van der Waals surface area (Å²) in [7, 11) is 0. The molecule has 0 saturated carbocycles. The van der Waals surface area contributed by atoms with Crippen LogP contribution in [-0.2, 0) is 4.79 Å². The molecule has 17 heavy (non-hydrogen) atoms. The summed E-state index contributed by atoms with van der Waals surface area (Å²) in [5.41, 5.74) is 0.705. The van der Waals surface area contributed by atoms with E-state index in [9.17, 15) is 4.79 Å². The van der Waals surface area contributed by atoms with Crippen molar-refractivity contribution in [3.05, 3.63) is 41.2 Å². The van der Waals surface area contributed by atoms with Crippen LogP contribution in [0.1, 0.15) is 5.69 Å². The molecule has 88 valence electrons. The van der Waals surface area contributed by atoms with Crippen molar-refractivity contribution in [1.29, 1.82) is 0 Å². The molecule has 0 spiro atoms. The Kier molecular flexibility index (Phi) is 3.61. The fourth-order valence-corrected chi connectivity index (χ4v) is 2.32. The molecule has 6 heteroatoms. The molecule has 2 aromatic rings. The Labute approximate surface area is 107 Å². The van der Waals surface area contributed by atoms with E-state index >= 15 is 0 Å². The van der Waals surface area contributed by atoms with Crippen molar-refractivity contribution in [3.8, 4) is 0 Å². The van der Waals surface area contributed by atoms with Crippen molar-refractivity contribution in [2.45, 2.75) is 0 Å². The number of thiazole rings is 1. The average molecular weight is 268 g/mol. The van der Waals surface area contributed by atoms with Gasteiger partial charge in [-0.3, -0.25) is 9.20 Å². The zero-order valence-electron chi connectivity index (χ0n) is 8.89. The van der Waals surface area contributed by atoms with Crippen molar-refractivity contribution < 1.29 is 4.79 Å². The van der Waals surface area contributed by atoms with E-state index in [4.69, 9.17) is 11.6 Å². The molecule has 0 aromatic carbocycles.